The van der Waals surface area contributed by atoms with E-state index in [1.54, 1.807) is 12.1 Å². The molecule has 0 spiro atoms. The van der Waals surface area contributed by atoms with Gasteiger partial charge in [-0.25, -0.2) is 9.79 Å². The first kappa shape index (κ1) is 12.4. The van der Waals surface area contributed by atoms with Crippen molar-refractivity contribution in [3.8, 4) is 0 Å². The van der Waals surface area contributed by atoms with Crippen LogP contribution in [0.15, 0.2) is 35.3 Å². The fourth-order valence-electron chi connectivity index (χ4n) is 1.68. The first-order chi connectivity index (χ1) is 8.72. The lowest BCUT2D eigenvalue weighted by molar-refractivity contribution is -0.138. The normalized spacial score (nSPS) is 18.4. The lowest BCUT2D eigenvalue weighted by Gasteiger charge is -2.05. The Morgan fingerprint density at radius 3 is 2.72 bits per heavy atom. The zero-order valence-corrected chi connectivity index (χ0v) is 9.83. The number of esters is 1. The highest BCUT2D eigenvalue weighted by molar-refractivity contribution is 6.65. The van der Waals surface area contributed by atoms with Gasteiger partial charge in [-0.3, -0.25) is 4.79 Å². The number of ether oxygens (including phenoxy) is 1. The third-order valence-electron chi connectivity index (χ3n) is 2.62. The Kier molecular flexibility index (Phi) is 3.84. The van der Waals surface area contributed by atoms with Crippen LogP contribution in [-0.2, 0) is 14.3 Å². The highest BCUT2D eigenvalue weighted by Crippen LogP contribution is 2.24. The predicted octanol–water partition coefficient (Wildman–Crippen LogP) is 0.991. The quantitative estimate of drug-likeness (QED) is 0.785. The number of hydrogen-bond donors (Lipinski definition) is 1. The zero-order chi connectivity index (χ0) is 13.0. The van der Waals surface area contributed by atoms with Crippen molar-refractivity contribution in [2.75, 3.05) is 6.54 Å². The first-order valence-corrected chi connectivity index (χ1v) is 5.79. The van der Waals surface area contributed by atoms with Crippen LogP contribution in [0.2, 0.25) is 0 Å². The fourth-order valence-corrected chi connectivity index (χ4v) is 1.68. The van der Waals surface area contributed by atoms with E-state index in [1.165, 1.54) is 0 Å². The van der Waals surface area contributed by atoms with Crippen LogP contribution >= 0.6 is 0 Å². The van der Waals surface area contributed by atoms with Crippen LogP contribution in [0, 0.1) is 0 Å². The summed E-state index contributed by atoms with van der Waals surface area (Å²) in [4.78, 5) is 27.3. The Morgan fingerprint density at radius 1 is 1.33 bits per heavy atom. The Morgan fingerprint density at radius 2 is 2.06 bits per heavy atom. The summed E-state index contributed by atoms with van der Waals surface area (Å²) in [6.07, 6.45) is 0.0723. The van der Waals surface area contributed by atoms with E-state index in [0.29, 0.717) is 13.0 Å². The number of nitrogens with zero attached hydrogens (tertiary/aromatic N) is 1. The summed E-state index contributed by atoms with van der Waals surface area (Å²) in [5.74, 6) is -0.949. The average molecular weight is 246 g/mol. The molecule has 0 radical (unpaired) electrons. The molecule has 1 aliphatic heterocycles. The van der Waals surface area contributed by atoms with Gasteiger partial charge in [0.1, 0.15) is 0 Å². The molecule has 0 saturated carbocycles. The number of benzene rings is 1. The molecular weight excluding hydrogens is 232 g/mol. The molecule has 0 amide bonds. The van der Waals surface area contributed by atoms with Crippen molar-refractivity contribution in [1.29, 1.82) is 0 Å². The van der Waals surface area contributed by atoms with Gasteiger partial charge in [-0.2, -0.15) is 0 Å². The largest absolute Gasteiger partial charge is 0.431 e. The van der Waals surface area contributed by atoms with Crippen LogP contribution < -0.4 is 5.73 Å². The third kappa shape index (κ3) is 2.62. The molecule has 0 saturated heterocycles. The van der Waals surface area contributed by atoms with Crippen molar-refractivity contribution >= 4 is 17.5 Å². The molecule has 1 aromatic rings. The smallest absolute Gasteiger partial charge is 0.362 e. The molecule has 0 fully saturated rings. The maximum Gasteiger partial charge on any atom is 0.362 e. The molecule has 18 heavy (non-hydrogen) atoms. The number of cyclic esters (lactones) is 1. The van der Waals surface area contributed by atoms with Crippen LogP contribution in [-0.4, -0.2) is 24.0 Å². The number of ketones is 1. The van der Waals surface area contributed by atoms with Crippen LogP contribution in [0.25, 0.3) is 0 Å². The van der Waals surface area contributed by atoms with Gasteiger partial charge in [-0.15, -0.1) is 0 Å². The summed E-state index contributed by atoms with van der Waals surface area (Å²) in [6.45, 7) is 0.413. The minimum Gasteiger partial charge on any atom is -0.431 e. The fraction of sp³-hybridized carbons (Fsp3) is 0.308. The van der Waals surface area contributed by atoms with Crippen molar-refractivity contribution < 1.29 is 14.3 Å². The van der Waals surface area contributed by atoms with Gasteiger partial charge in [0.05, 0.1) is 0 Å². The molecule has 1 aliphatic rings. The summed E-state index contributed by atoms with van der Waals surface area (Å²) in [7, 11) is 0. The number of aliphatic imine (C=N–C) groups is 1. The first-order valence-electron chi connectivity index (χ1n) is 5.79. The van der Waals surface area contributed by atoms with Gasteiger partial charge in [0.25, 0.3) is 0 Å². The van der Waals surface area contributed by atoms with E-state index >= 15 is 0 Å². The second-order valence-corrected chi connectivity index (χ2v) is 3.96. The molecule has 5 nitrogen and oxygen atoms in total. The lowest BCUT2D eigenvalue weighted by atomic mass is 10.1. The van der Waals surface area contributed by atoms with Crippen molar-refractivity contribution in [2.45, 2.75) is 19.1 Å². The standard InChI is InChI=1S/C13H14N2O3/c14-8-4-7-10(16)11-13(17)18-12(15-11)9-5-2-1-3-6-9/h1-3,5-6,12H,4,7-8,14H2. The van der Waals surface area contributed by atoms with E-state index in [1.807, 2.05) is 18.2 Å². The summed E-state index contributed by atoms with van der Waals surface area (Å²) >= 11 is 0. The molecule has 5 heteroatoms. The van der Waals surface area contributed by atoms with E-state index in [0.717, 1.165) is 5.56 Å². The topological polar surface area (TPSA) is 81.8 Å². The summed E-state index contributed by atoms with van der Waals surface area (Å²) in [6, 6.07) is 9.11. The van der Waals surface area contributed by atoms with Crippen LogP contribution in [0.3, 0.4) is 0 Å². The molecule has 94 valence electrons. The van der Waals surface area contributed by atoms with Crippen LogP contribution in [0.1, 0.15) is 24.6 Å². The molecule has 0 aromatic heterocycles. The zero-order valence-electron chi connectivity index (χ0n) is 9.83. The van der Waals surface area contributed by atoms with Crippen molar-refractivity contribution in [1.82, 2.24) is 0 Å². The van der Waals surface area contributed by atoms with Gasteiger partial charge in [-0.05, 0) is 13.0 Å². The number of hydrogen-bond acceptors (Lipinski definition) is 5. The Bertz CT molecular complexity index is 482. The number of carbonyl (C=O) groups is 2. The Balaban J connectivity index is 2.12. The van der Waals surface area contributed by atoms with Gasteiger partial charge in [0, 0.05) is 12.0 Å². The van der Waals surface area contributed by atoms with Gasteiger partial charge in [-0.1, -0.05) is 30.3 Å². The second-order valence-electron chi connectivity index (χ2n) is 3.96. The maximum absolute atomic E-state index is 11.7. The van der Waals surface area contributed by atoms with Crippen molar-refractivity contribution in [2.24, 2.45) is 10.7 Å². The SMILES string of the molecule is NCCCC(=O)C1=NC(c2ccccc2)OC1=O. The van der Waals surface area contributed by atoms with E-state index in [-0.39, 0.29) is 17.9 Å². The molecule has 2 rings (SSSR count). The number of rotatable bonds is 5. The van der Waals surface area contributed by atoms with Crippen molar-refractivity contribution in [3.05, 3.63) is 35.9 Å². The minimum absolute atomic E-state index is 0.0997. The lowest BCUT2D eigenvalue weighted by Crippen LogP contribution is -2.21. The van der Waals surface area contributed by atoms with Crippen LogP contribution in [0.4, 0.5) is 0 Å². The third-order valence-corrected chi connectivity index (χ3v) is 2.62. The molecular formula is C13H14N2O3. The molecule has 0 bridgehead atoms. The van der Waals surface area contributed by atoms with E-state index in [2.05, 4.69) is 4.99 Å². The number of Topliss-reactive ketones (excluding diaryl/α,β-unsaturated/α-hetero) is 1. The number of nitrogens with two attached hydrogens (primary N) is 1. The highest BCUT2D eigenvalue weighted by Gasteiger charge is 2.32. The minimum atomic E-state index is -0.699. The molecule has 2 N–H and O–H groups in total. The molecule has 1 atom stereocenters. The van der Waals surface area contributed by atoms with E-state index in [4.69, 9.17) is 10.5 Å². The summed E-state index contributed by atoms with van der Waals surface area (Å²) < 4.78 is 5.07. The second kappa shape index (κ2) is 5.55. The predicted molar refractivity (Wildman–Crippen MR) is 66.0 cm³/mol. The Hall–Kier alpha value is -2.01. The van der Waals surface area contributed by atoms with Crippen LogP contribution in [0.5, 0.6) is 0 Å². The average Bonchev–Trinajstić information content (AvgIpc) is 2.79. The highest BCUT2D eigenvalue weighted by atomic mass is 16.6. The van der Waals surface area contributed by atoms with E-state index < -0.39 is 12.2 Å². The monoisotopic (exact) mass is 246 g/mol. The van der Waals surface area contributed by atoms with Gasteiger partial charge in [0.2, 0.25) is 6.23 Å². The van der Waals surface area contributed by atoms with Gasteiger partial charge < -0.3 is 10.5 Å². The number of carbonyl (C=O) groups excluding carboxylic acids is 2. The molecule has 1 unspecified atom stereocenters. The molecule has 0 aliphatic carbocycles. The van der Waals surface area contributed by atoms with Crippen molar-refractivity contribution in [3.63, 3.8) is 0 Å². The van der Waals surface area contributed by atoms with Gasteiger partial charge in [0.15, 0.2) is 11.5 Å². The summed E-state index contributed by atoms with van der Waals surface area (Å²) in [5, 5.41) is 0. The Labute approximate surface area is 105 Å². The summed E-state index contributed by atoms with van der Waals surface area (Å²) in [5.41, 5.74) is 5.98. The molecule has 1 heterocycles. The maximum atomic E-state index is 11.7. The van der Waals surface area contributed by atoms with E-state index in [9.17, 15) is 9.59 Å². The molecule has 1 aromatic carbocycles. The van der Waals surface area contributed by atoms with Gasteiger partial charge >= 0.3 is 5.97 Å².